The first-order valence-corrected chi connectivity index (χ1v) is 14.8. The summed E-state index contributed by atoms with van der Waals surface area (Å²) in [6.07, 6.45) is 0.566. The van der Waals surface area contributed by atoms with Crippen molar-refractivity contribution in [2.45, 2.75) is 46.6 Å². The fraction of sp³-hybridized carbons (Fsp3) is 0.312. The van der Waals surface area contributed by atoms with E-state index >= 15 is 0 Å². The van der Waals surface area contributed by atoms with Crippen molar-refractivity contribution >= 4 is 50.6 Å². The number of fused-ring (bicyclic) bond motifs is 1. The van der Waals surface area contributed by atoms with Crippen LogP contribution in [0.5, 0.6) is 17.2 Å². The van der Waals surface area contributed by atoms with Gasteiger partial charge < -0.3 is 18.9 Å². The smallest absolute Gasteiger partial charge is 0.346 e. The van der Waals surface area contributed by atoms with Crippen molar-refractivity contribution in [3.05, 3.63) is 79.0 Å². The number of aromatic nitrogens is 2. The summed E-state index contributed by atoms with van der Waals surface area (Å²) in [5.41, 5.74) is 3.32. The molecule has 1 aromatic heterocycles. The first-order chi connectivity index (χ1) is 20.5. The summed E-state index contributed by atoms with van der Waals surface area (Å²) in [4.78, 5) is 30.7. The highest BCUT2D eigenvalue weighted by Crippen LogP contribution is 2.43. The van der Waals surface area contributed by atoms with E-state index in [1.165, 1.54) is 18.0 Å². The van der Waals surface area contributed by atoms with Crippen LogP contribution in [0.15, 0.2) is 56.8 Å². The minimum atomic E-state index is -0.929. The lowest BCUT2D eigenvalue weighted by Crippen LogP contribution is -2.25. The number of nitrogens with zero attached hydrogens (tertiary/aromatic N) is 3. The van der Waals surface area contributed by atoms with Crippen LogP contribution in [0.25, 0.3) is 22.3 Å². The average Bonchev–Trinajstić information content (AvgIpc) is 2.99. The number of halogens is 2. The Labute approximate surface area is 263 Å². The van der Waals surface area contributed by atoms with Gasteiger partial charge in [0, 0.05) is 15.6 Å². The molecule has 0 fully saturated rings. The minimum absolute atomic E-state index is 0.163. The predicted octanol–water partition coefficient (Wildman–Crippen LogP) is 7.14. The molecule has 0 saturated heterocycles. The van der Waals surface area contributed by atoms with Crippen molar-refractivity contribution < 1.29 is 23.7 Å². The van der Waals surface area contributed by atoms with Gasteiger partial charge in [-0.2, -0.15) is 9.78 Å². The van der Waals surface area contributed by atoms with E-state index in [9.17, 15) is 9.59 Å². The number of ether oxygens (including phenoxy) is 4. The second-order valence-corrected chi connectivity index (χ2v) is 11.2. The molecule has 0 bridgehead atoms. The van der Waals surface area contributed by atoms with Gasteiger partial charge in [0.2, 0.25) is 0 Å². The summed E-state index contributed by atoms with van der Waals surface area (Å²) in [6, 6.07) is 12.7. The maximum Gasteiger partial charge on any atom is 0.346 e. The zero-order chi connectivity index (χ0) is 31.4. The number of hydrogen-bond donors (Lipinski definition) is 0. The fourth-order valence-corrected chi connectivity index (χ4v) is 5.20. The summed E-state index contributed by atoms with van der Waals surface area (Å²) in [7, 11) is 2.92. The zero-order valence-corrected chi connectivity index (χ0v) is 27.4. The number of esters is 1. The molecule has 0 aliphatic rings. The number of benzene rings is 3. The molecule has 0 aliphatic heterocycles. The highest BCUT2D eigenvalue weighted by molar-refractivity contribution is 9.10. The number of para-hydroxylation sites is 1. The van der Waals surface area contributed by atoms with E-state index in [0.29, 0.717) is 39.1 Å². The molecule has 0 spiro atoms. The Bertz CT molecular complexity index is 1770. The lowest BCUT2D eigenvalue weighted by molar-refractivity contribution is -0.147. The highest BCUT2D eigenvalue weighted by Gasteiger charge is 2.24. The zero-order valence-electron chi connectivity index (χ0n) is 25.0. The van der Waals surface area contributed by atoms with Crippen LogP contribution in [0.2, 0.25) is 5.02 Å². The van der Waals surface area contributed by atoms with Gasteiger partial charge in [0.15, 0.2) is 23.4 Å². The molecule has 4 aromatic rings. The fourth-order valence-electron chi connectivity index (χ4n) is 4.55. The number of methoxy groups -OCH3 is 2. The van der Waals surface area contributed by atoms with E-state index in [2.05, 4.69) is 34.9 Å². The van der Waals surface area contributed by atoms with Crippen LogP contribution in [0.1, 0.15) is 50.3 Å². The molecule has 0 aliphatic carbocycles. The molecule has 1 atom stereocenters. The van der Waals surface area contributed by atoms with Crippen LogP contribution in [0, 0.1) is 6.92 Å². The third kappa shape index (κ3) is 6.55. The summed E-state index contributed by atoms with van der Waals surface area (Å²) in [5, 5.41) is 5.21. The number of hydrogen-bond acceptors (Lipinski definition) is 8. The van der Waals surface area contributed by atoms with Gasteiger partial charge in [0.1, 0.15) is 10.8 Å². The minimum Gasteiger partial charge on any atom is -0.496 e. The summed E-state index contributed by atoms with van der Waals surface area (Å²) in [6.45, 7) is 9.76. The quantitative estimate of drug-likeness (QED) is 0.131. The standard InChI is InChI=1S/C32H33BrClN3O6/c1-8-42-26-14-20(27(33)28(34)29(26)43-19(5)32(39)41-7)16-35-37-30(36-24-12-10-9-11-21(24)31(37)38)23-15-22(17(2)3)25(40-6)13-18(23)4/h9-17,19H,8H2,1-7H3/t19-/m1/s1. The highest BCUT2D eigenvalue weighted by atomic mass is 79.9. The summed E-state index contributed by atoms with van der Waals surface area (Å²) >= 11 is 10.2. The van der Waals surface area contributed by atoms with Gasteiger partial charge in [-0.25, -0.2) is 9.78 Å². The Morgan fingerprint density at radius 3 is 2.51 bits per heavy atom. The van der Waals surface area contributed by atoms with Gasteiger partial charge >= 0.3 is 5.97 Å². The Kier molecular flexibility index (Phi) is 10.1. The lowest BCUT2D eigenvalue weighted by atomic mass is 9.96. The van der Waals surface area contributed by atoms with Crippen LogP contribution in [0.4, 0.5) is 0 Å². The molecule has 11 heteroatoms. The van der Waals surface area contributed by atoms with Crippen LogP contribution < -0.4 is 19.8 Å². The van der Waals surface area contributed by atoms with E-state index in [-0.39, 0.29) is 22.2 Å². The van der Waals surface area contributed by atoms with E-state index in [0.717, 1.165) is 22.4 Å². The van der Waals surface area contributed by atoms with Gasteiger partial charge in [0.05, 0.1) is 37.9 Å². The van der Waals surface area contributed by atoms with Crippen LogP contribution >= 0.6 is 27.5 Å². The molecule has 43 heavy (non-hydrogen) atoms. The molecular weight excluding hydrogens is 638 g/mol. The van der Waals surface area contributed by atoms with Crippen molar-refractivity contribution in [3.8, 4) is 28.6 Å². The molecule has 0 unspecified atom stereocenters. The van der Waals surface area contributed by atoms with Gasteiger partial charge in [-0.1, -0.05) is 37.6 Å². The maximum atomic E-state index is 13.8. The topological polar surface area (TPSA) is 101 Å². The molecule has 9 nitrogen and oxygen atoms in total. The Morgan fingerprint density at radius 1 is 1.14 bits per heavy atom. The lowest BCUT2D eigenvalue weighted by Gasteiger charge is -2.19. The SMILES string of the molecule is CCOc1cc(C=Nn2c(-c3cc(C(C)C)c(OC)cc3C)nc3ccccc3c2=O)c(Br)c(Cl)c1O[C@H](C)C(=O)OC. The Morgan fingerprint density at radius 2 is 1.86 bits per heavy atom. The Balaban J connectivity index is 1.92. The largest absolute Gasteiger partial charge is 0.496 e. The second kappa shape index (κ2) is 13.6. The van der Waals surface area contributed by atoms with E-state index in [1.807, 2.05) is 32.0 Å². The normalized spacial score (nSPS) is 12.1. The molecule has 3 aromatic carbocycles. The van der Waals surface area contributed by atoms with Crippen molar-refractivity contribution in [2.24, 2.45) is 5.10 Å². The first kappa shape index (κ1) is 32.0. The molecule has 0 amide bonds. The number of rotatable bonds is 10. The third-order valence-electron chi connectivity index (χ3n) is 6.79. The van der Waals surface area contributed by atoms with Crippen LogP contribution in [0.3, 0.4) is 0 Å². The first-order valence-electron chi connectivity index (χ1n) is 13.7. The Hall–Kier alpha value is -3.89. The molecule has 226 valence electrons. The predicted molar refractivity (Wildman–Crippen MR) is 172 cm³/mol. The summed E-state index contributed by atoms with van der Waals surface area (Å²) in [5.74, 6) is 1.21. The molecule has 1 heterocycles. The van der Waals surface area contributed by atoms with E-state index in [4.69, 9.17) is 35.5 Å². The van der Waals surface area contributed by atoms with Gasteiger partial charge in [-0.3, -0.25) is 4.79 Å². The van der Waals surface area contributed by atoms with E-state index < -0.39 is 12.1 Å². The number of carbonyl (C=O) groups is 1. The second-order valence-electron chi connectivity index (χ2n) is 10.0. The third-order valence-corrected chi connectivity index (χ3v) is 8.23. The van der Waals surface area contributed by atoms with Crippen LogP contribution in [-0.2, 0) is 9.53 Å². The van der Waals surface area contributed by atoms with Gasteiger partial charge in [-0.05, 0) is 84.1 Å². The monoisotopic (exact) mass is 669 g/mol. The molecule has 0 saturated carbocycles. The van der Waals surface area contributed by atoms with Gasteiger partial charge in [0.25, 0.3) is 5.56 Å². The van der Waals surface area contributed by atoms with Crippen molar-refractivity contribution in [2.75, 3.05) is 20.8 Å². The van der Waals surface area contributed by atoms with Crippen LogP contribution in [-0.4, -0.2) is 48.8 Å². The van der Waals surface area contributed by atoms with Crippen molar-refractivity contribution in [1.29, 1.82) is 0 Å². The number of carbonyl (C=O) groups excluding carboxylic acids is 1. The van der Waals surface area contributed by atoms with Crippen molar-refractivity contribution in [1.82, 2.24) is 9.66 Å². The van der Waals surface area contributed by atoms with E-state index in [1.54, 1.807) is 38.3 Å². The molecule has 0 radical (unpaired) electrons. The maximum absolute atomic E-state index is 13.8. The summed E-state index contributed by atoms with van der Waals surface area (Å²) < 4.78 is 23.7. The average molecular weight is 671 g/mol. The van der Waals surface area contributed by atoms with Crippen molar-refractivity contribution in [3.63, 3.8) is 0 Å². The van der Waals surface area contributed by atoms with Gasteiger partial charge in [-0.15, -0.1) is 0 Å². The molecule has 4 rings (SSSR count). The molecule has 0 N–H and O–H groups in total. The number of aryl methyl sites for hydroxylation is 1. The molecular formula is C32H33BrClN3O6.